The molecule has 0 unspecified atom stereocenters. The van der Waals surface area contributed by atoms with Gasteiger partial charge in [-0.15, -0.1) is 0 Å². The number of carbonyl (C=O) groups excluding carboxylic acids is 1. The molecule has 14 heavy (non-hydrogen) atoms. The zero-order valence-corrected chi connectivity index (χ0v) is 8.64. The molecule has 2 nitrogen and oxygen atoms in total. The molecule has 0 saturated carbocycles. The molecule has 0 aliphatic heterocycles. The third kappa shape index (κ3) is 2.45. The minimum Gasteiger partial charge on any atom is -0.489 e. The predicted molar refractivity (Wildman–Crippen MR) is 52.6 cm³/mol. The Morgan fingerprint density at radius 1 is 1.50 bits per heavy atom. The molecule has 4 heteroatoms. The number of rotatable bonds is 3. The Morgan fingerprint density at radius 3 is 2.64 bits per heavy atom. The summed E-state index contributed by atoms with van der Waals surface area (Å²) in [5.41, 5.74) is -0.0509. The van der Waals surface area contributed by atoms with E-state index in [4.69, 9.17) is 16.3 Å². The smallest absolute Gasteiger partial charge is 0.153 e. The van der Waals surface area contributed by atoms with Crippen LogP contribution in [0.2, 0.25) is 5.02 Å². The van der Waals surface area contributed by atoms with Gasteiger partial charge in [-0.05, 0) is 26.0 Å². The summed E-state index contributed by atoms with van der Waals surface area (Å²) in [6, 6.07) is 2.37. The first-order valence-electron chi connectivity index (χ1n) is 4.15. The Labute approximate surface area is 86.6 Å². The number of hydrogen-bond acceptors (Lipinski definition) is 2. The summed E-state index contributed by atoms with van der Waals surface area (Å²) >= 11 is 5.72. The van der Waals surface area contributed by atoms with E-state index < -0.39 is 5.82 Å². The van der Waals surface area contributed by atoms with E-state index in [2.05, 4.69) is 0 Å². The molecule has 0 atom stereocenters. The van der Waals surface area contributed by atoms with Gasteiger partial charge in [-0.25, -0.2) is 4.39 Å². The quantitative estimate of drug-likeness (QED) is 0.726. The molecular weight excluding hydrogens is 207 g/mol. The molecule has 0 saturated heterocycles. The maximum Gasteiger partial charge on any atom is 0.153 e. The fraction of sp³-hybridized carbons (Fsp3) is 0.300. The molecule has 0 heterocycles. The molecule has 0 N–H and O–H groups in total. The minimum absolute atomic E-state index is 0.0509. The van der Waals surface area contributed by atoms with Gasteiger partial charge in [0.25, 0.3) is 0 Å². The van der Waals surface area contributed by atoms with E-state index in [9.17, 15) is 9.18 Å². The summed E-state index contributed by atoms with van der Waals surface area (Å²) in [6.45, 7) is 3.64. The highest BCUT2D eigenvalue weighted by atomic mass is 35.5. The van der Waals surface area contributed by atoms with Crippen LogP contribution in [0.5, 0.6) is 5.75 Å². The topological polar surface area (TPSA) is 26.3 Å². The van der Waals surface area contributed by atoms with Gasteiger partial charge in [0.05, 0.1) is 16.7 Å². The summed E-state index contributed by atoms with van der Waals surface area (Å²) in [5, 5.41) is 0.168. The maximum absolute atomic E-state index is 13.0. The lowest BCUT2D eigenvalue weighted by molar-refractivity contribution is 0.111. The molecule has 0 radical (unpaired) electrons. The average Bonchev–Trinajstić information content (AvgIpc) is 2.09. The van der Waals surface area contributed by atoms with Gasteiger partial charge in [-0.3, -0.25) is 4.79 Å². The highest BCUT2D eigenvalue weighted by Crippen LogP contribution is 2.27. The van der Waals surface area contributed by atoms with E-state index in [0.29, 0.717) is 12.0 Å². The van der Waals surface area contributed by atoms with Crippen molar-refractivity contribution in [1.29, 1.82) is 0 Å². The first-order valence-corrected chi connectivity index (χ1v) is 4.53. The van der Waals surface area contributed by atoms with Gasteiger partial charge in [0.15, 0.2) is 6.29 Å². The van der Waals surface area contributed by atoms with Crippen molar-refractivity contribution in [3.05, 3.63) is 28.5 Å². The van der Waals surface area contributed by atoms with Crippen molar-refractivity contribution in [2.75, 3.05) is 0 Å². The standard InChI is InChI=1S/C10H10ClFO2/c1-6(2)14-10-3-7(5-13)9(12)4-8(10)11/h3-6H,1-2H3. The SMILES string of the molecule is CC(C)Oc1cc(C=O)c(F)cc1Cl. The Morgan fingerprint density at radius 2 is 2.14 bits per heavy atom. The van der Waals surface area contributed by atoms with Crippen molar-refractivity contribution < 1.29 is 13.9 Å². The lowest BCUT2D eigenvalue weighted by Gasteiger charge is -2.11. The van der Waals surface area contributed by atoms with E-state index in [1.165, 1.54) is 6.07 Å². The Bertz CT molecular complexity index is 350. The lowest BCUT2D eigenvalue weighted by Crippen LogP contribution is -2.06. The molecule has 1 aromatic rings. The Kier molecular flexibility index (Phi) is 3.47. The van der Waals surface area contributed by atoms with Crippen LogP contribution in [-0.2, 0) is 0 Å². The molecule has 0 bridgehead atoms. The molecule has 1 aromatic carbocycles. The van der Waals surface area contributed by atoms with E-state index in [1.54, 1.807) is 0 Å². The molecule has 0 amide bonds. The second-order valence-corrected chi connectivity index (χ2v) is 3.50. The number of carbonyl (C=O) groups is 1. The average molecular weight is 217 g/mol. The molecule has 76 valence electrons. The summed E-state index contributed by atoms with van der Waals surface area (Å²) in [5.74, 6) is -0.314. The molecule has 0 fully saturated rings. The number of ether oxygens (including phenoxy) is 1. The van der Waals surface area contributed by atoms with Crippen LogP contribution in [0.15, 0.2) is 12.1 Å². The fourth-order valence-electron chi connectivity index (χ4n) is 0.979. The van der Waals surface area contributed by atoms with Crippen LogP contribution in [0, 0.1) is 5.82 Å². The van der Waals surface area contributed by atoms with Crippen LogP contribution in [0.4, 0.5) is 4.39 Å². The second-order valence-electron chi connectivity index (χ2n) is 3.09. The minimum atomic E-state index is -0.638. The van der Waals surface area contributed by atoms with Gasteiger partial charge in [-0.1, -0.05) is 11.6 Å². The first-order chi connectivity index (χ1) is 6.54. The highest BCUT2D eigenvalue weighted by Gasteiger charge is 2.09. The molecule has 0 aromatic heterocycles. The lowest BCUT2D eigenvalue weighted by atomic mass is 10.2. The molecule has 0 aliphatic carbocycles. The summed E-state index contributed by atoms with van der Waals surface area (Å²) in [7, 11) is 0. The van der Waals surface area contributed by atoms with Crippen LogP contribution < -0.4 is 4.74 Å². The zero-order chi connectivity index (χ0) is 10.7. The van der Waals surface area contributed by atoms with E-state index in [1.807, 2.05) is 13.8 Å². The summed E-state index contributed by atoms with van der Waals surface area (Å²) in [4.78, 5) is 10.4. The van der Waals surface area contributed by atoms with Crippen molar-refractivity contribution in [3.8, 4) is 5.75 Å². The first kappa shape index (κ1) is 11.0. The Balaban J connectivity index is 3.10. The van der Waals surface area contributed by atoms with E-state index in [-0.39, 0.29) is 16.7 Å². The van der Waals surface area contributed by atoms with Crippen LogP contribution in [-0.4, -0.2) is 12.4 Å². The highest BCUT2D eigenvalue weighted by molar-refractivity contribution is 6.32. The van der Waals surface area contributed by atoms with E-state index >= 15 is 0 Å². The van der Waals surface area contributed by atoms with Gasteiger partial charge in [-0.2, -0.15) is 0 Å². The van der Waals surface area contributed by atoms with Crippen LogP contribution >= 0.6 is 11.6 Å². The molecular formula is C10H10ClFO2. The summed E-state index contributed by atoms with van der Waals surface area (Å²) in [6.07, 6.45) is 0.358. The Hall–Kier alpha value is -1.09. The van der Waals surface area contributed by atoms with Crippen molar-refractivity contribution in [2.24, 2.45) is 0 Å². The van der Waals surface area contributed by atoms with Gasteiger partial charge in [0.1, 0.15) is 11.6 Å². The number of hydrogen-bond donors (Lipinski definition) is 0. The number of benzene rings is 1. The molecule has 0 spiro atoms. The van der Waals surface area contributed by atoms with E-state index in [0.717, 1.165) is 6.07 Å². The number of aldehydes is 1. The van der Waals surface area contributed by atoms with Crippen molar-refractivity contribution in [1.82, 2.24) is 0 Å². The molecule has 1 rings (SSSR count). The normalized spacial score (nSPS) is 10.4. The largest absolute Gasteiger partial charge is 0.489 e. The third-order valence-electron chi connectivity index (χ3n) is 1.54. The number of halogens is 2. The summed E-state index contributed by atoms with van der Waals surface area (Å²) < 4.78 is 18.3. The van der Waals surface area contributed by atoms with Gasteiger partial charge in [0, 0.05) is 0 Å². The monoisotopic (exact) mass is 216 g/mol. The second kappa shape index (κ2) is 4.42. The van der Waals surface area contributed by atoms with Crippen molar-refractivity contribution in [2.45, 2.75) is 20.0 Å². The van der Waals surface area contributed by atoms with Crippen molar-refractivity contribution >= 4 is 17.9 Å². The molecule has 0 aliphatic rings. The zero-order valence-electron chi connectivity index (χ0n) is 7.88. The fourth-order valence-corrected chi connectivity index (χ4v) is 1.17. The van der Waals surface area contributed by atoms with Crippen LogP contribution in [0.25, 0.3) is 0 Å². The van der Waals surface area contributed by atoms with Crippen molar-refractivity contribution in [3.63, 3.8) is 0 Å². The van der Waals surface area contributed by atoms with Crippen LogP contribution in [0.3, 0.4) is 0 Å². The maximum atomic E-state index is 13.0. The third-order valence-corrected chi connectivity index (χ3v) is 1.84. The predicted octanol–water partition coefficient (Wildman–Crippen LogP) is 3.08. The van der Waals surface area contributed by atoms with Gasteiger partial charge >= 0.3 is 0 Å². The van der Waals surface area contributed by atoms with Gasteiger partial charge in [0.2, 0.25) is 0 Å². The van der Waals surface area contributed by atoms with Crippen LogP contribution in [0.1, 0.15) is 24.2 Å². The van der Waals surface area contributed by atoms with Gasteiger partial charge < -0.3 is 4.74 Å².